The zero-order valence-electron chi connectivity index (χ0n) is 24.0. The molecular formula is C41H28N2O. The van der Waals surface area contributed by atoms with Gasteiger partial charge >= 0.3 is 0 Å². The van der Waals surface area contributed by atoms with Crippen molar-refractivity contribution in [3.63, 3.8) is 0 Å². The van der Waals surface area contributed by atoms with Gasteiger partial charge in [-0.15, -0.1) is 0 Å². The van der Waals surface area contributed by atoms with E-state index in [1.165, 1.54) is 22.3 Å². The zero-order valence-corrected chi connectivity index (χ0v) is 24.0. The lowest BCUT2D eigenvalue weighted by molar-refractivity contribution is 0.620. The standard InChI is InChI=1S/C41H28N2O/c1-4-11-29(12-5-1)31-19-22-35(23-20-31)43(36-18-10-17-33(27-36)30-13-6-2-7-14-30)37-24-25-38-34(28-37)21-26-39-40(38)42-41(44-39)32-15-8-3-9-16-32/h1-28H. The number of hydrogen-bond acceptors (Lipinski definition) is 3. The van der Waals surface area contributed by atoms with Crippen LogP contribution < -0.4 is 4.90 Å². The van der Waals surface area contributed by atoms with Crippen LogP contribution in [0.25, 0.3) is 55.6 Å². The van der Waals surface area contributed by atoms with Crippen molar-refractivity contribution in [3.05, 3.63) is 170 Å². The molecule has 0 bridgehead atoms. The van der Waals surface area contributed by atoms with Crippen LogP contribution in [0.15, 0.2) is 174 Å². The Morgan fingerprint density at radius 2 is 0.977 bits per heavy atom. The maximum Gasteiger partial charge on any atom is 0.227 e. The number of aromatic nitrogens is 1. The molecule has 0 aliphatic carbocycles. The largest absolute Gasteiger partial charge is 0.436 e. The Hall–Kier alpha value is -5.93. The predicted molar refractivity (Wildman–Crippen MR) is 183 cm³/mol. The molecular weight excluding hydrogens is 536 g/mol. The van der Waals surface area contributed by atoms with Crippen molar-refractivity contribution in [2.24, 2.45) is 0 Å². The average molecular weight is 565 g/mol. The lowest BCUT2D eigenvalue weighted by Crippen LogP contribution is -2.10. The van der Waals surface area contributed by atoms with Gasteiger partial charge in [0.25, 0.3) is 0 Å². The molecule has 0 radical (unpaired) electrons. The van der Waals surface area contributed by atoms with Crippen LogP contribution in [0.5, 0.6) is 0 Å². The molecule has 208 valence electrons. The fourth-order valence-electron chi connectivity index (χ4n) is 5.89. The van der Waals surface area contributed by atoms with Crippen molar-refractivity contribution >= 4 is 38.9 Å². The predicted octanol–water partition coefficient (Wildman–Crippen LogP) is 11.5. The molecule has 0 unspecified atom stereocenters. The second kappa shape index (κ2) is 11.0. The van der Waals surface area contributed by atoms with Gasteiger partial charge in [-0.2, -0.15) is 0 Å². The number of rotatable bonds is 6. The minimum absolute atomic E-state index is 0.634. The molecule has 0 amide bonds. The highest BCUT2D eigenvalue weighted by Crippen LogP contribution is 2.40. The summed E-state index contributed by atoms with van der Waals surface area (Å²) in [6.07, 6.45) is 0. The first-order valence-corrected chi connectivity index (χ1v) is 14.8. The van der Waals surface area contributed by atoms with Crippen molar-refractivity contribution < 1.29 is 4.42 Å². The summed E-state index contributed by atoms with van der Waals surface area (Å²) in [4.78, 5) is 7.23. The third-order valence-corrected chi connectivity index (χ3v) is 8.08. The highest BCUT2D eigenvalue weighted by molar-refractivity contribution is 6.05. The van der Waals surface area contributed by atoms with E-state index in [4.69, 9.17) is 9.40 Å². The van der Waals surface area contributed by atoms with Crippen LogP contribution in [0.3, 0.4) is 0 Å². The smallest absolute Gasteiger partial charge is 0.227 e. The first-order valence-electron chi connectivity index (χ1n) is 14.8. The van der Waals surface area contributed by atoms with Gasteiger partial charge < -0.3 is 9.32 Å². The van der Waals surface area contributed by atoms with Crippen molar-refractivity contribution in [2.75, 3.05) is 4.90 Å². The Morgan fingerprint density at radius 1 is 0.409 bits per heavy atom. The quantitative estimate of drug-likeness (QED) is 0.201. The number of anilines is 3. The normalized spacial score (nSPS) is 11.2. The maximum atomic E-state index is 6.16. The molecule has 0 fully saturated rings. The number of benzene rings is 7. The molecule has 3 heteroatoms. The van der Waals surface area contributed by atoms with E-state index in [0.717, 1.165) is 44.5 Å². The topological polar surface area (TPSA) is 29.3 Å². The molecule has 1 heterocycles. The molecule has 0 aliphatic heterocycles. The summed E-state index contributed by atoms with van der Waals surface area (Å²) >= 11 is 0. The third-order valence-electron chi connectivity index (χ3n) is 8.08. The zero-order chi connectivity index (χ0) is 29.3. The molecule has 8 rings (SSSR count). The van der Waals surface area contributed by atoms with Gasteiger partial charge in [-0.25, -0.2) is 4.98 Å². The van der Waals surface area contributed by atoms with Crippen molar-refractivity contribution in [2.45, 2.75) is 0 Å². The first kappa shape index (κ1) is 25.8. The molecule has 7 aromatic carbocycles. The maximum absolute atomic E-state index is 6.16. The Morgan fingerprint density at radius 3 is 1.68 bits per heavy atom. The molecule has 0 saturated carbocycles. The second-order valence-corrected chi connectivity index (χ2v) is 10.9. The van der Waals surface area contributed by atoms with Crippen LogP contribution in [0, 0.1) is 0 Å². The Kier molecular flexibility index (Phi) is 6.47. The van der Waals surface area contributed by atoms with Crippen LogP contribution in [0.2, 0.25) is 0 Å². The number of nitrogens with zero attached hydrogens (tertiary/aromatic N) is 2. The molecule has 0 spiro atoms. The molecule has 1 aromatic heterocycles. The Bertz CT molecular complexity index is 2200. The average Bonchev–Trinajstić information content (AvgIpc) is 3.55. The summed E-state index contributed by atoms with van der Waals surface area (Å²) in [6.45, 7) is 0. The summed E-state index contributed by atoms with van der Waals surface area (Å²) in [5, 5.41) is 2.17. The van der Waals surface area contributed by atoms with E-state index < -0.39 is 0 Å². The molecule has 44 heavy (non-hydrogen) atoms. The molecule has 0 aliphatic rings. The van der Waals surface area contributed by atoms with Crippen LogP contribution >= 0.6 is 0 Å². The fourth-order valence-corrected chi connectivity index (χ4v) is 5.89. The monoisotopic (exact) mass is 564 g/mol. The molecule has 8 aromatic rings. The van der Waals surface area contributed by atoms with Gasteiger partial charge in [0.1, 0.15) is 5.52 Å². The number of fused-ring (bicyclic) bond motifs is 3. The van der Waals surface area contributed by atoms with Crippen LogP contribution in [-0.2, 0) is 0 Å². The molecule has 0 N–H and O–H groups in total. The van der Waals surface area contributed by atoms with Crippen LogP contribution in [0.1, 0.15) is 0 Å². The van der Waals surface area contributed by atoms with Gasteiger partial charge in [0.05, 0.1) is 0 Å². The van der Waals surface area contributed by atoms with E-state index >= 15 is 0 Å². The lowest BCUT2D eigenvalue weighted by atomic mass is 10.0. The lowest BCUT2D eigenvalue weighted by Gasteiger charge is -2.26. The highest BCUT2D eigenvalue weighted by Gasteiger charge is 2.17. The minimum Gasteiger partial charge on any atom is -0.436 e. The molecule has 3 nitrogen and oxygen atoms in total. The fraction of sp³-hybridized carbons (Fsp3) is 0. The summed E-state index contributed by atoms with van der Waals surface area (Å²) in [5.74, 6) is 0.634. The summed E-state index contributed by atoms with van der Waals surface area (Å²) in [6, 6.07) is 59.3. The van der Waals surface area contributed by atoms with E-state index in [9.17, 15) is 0 Å². The van der Waals surface area contributed by atoms with Gasteiger partial charge in [-0.3, -0.25) is 0 Å². The second-order valence-electron chi connectivity index (χ2n) is 10.9. The van der Waals surface area contributed by atoms with E-state index in [1.54, 1.807) is 0 Å². The van der Waals surface area contributed by atoms with E-state index in [2.05, 4.69) is 132 Å². The van der Waals surface area contributed by atoms with Gasteiger partial charge in [0, 0.05) is 28.0 Å². The summed E-state index contributed by atoms with van der Waals surface area (Å²) in [7, 11) is 0. The third kappa shape index (κ3) is 4.81. The van der Waals surface area contributed by atoms with E-state index in [1.807, 2.05) is 42.5 Å². The first-order chi connectivity index (χ1) is 21.8. The van der Waals surface area contributed by atoms with Gasteiger partial charge in [0.2, 0.25) is 5.89 Å². The molecule has 0 atom stereocenters. The Labute approximate surface area is 256 Å². The van der Waals surface area contributed by atoms with Crippen LogP contribution in [-0.4, -0.2) is 4.98 Å². The van der Waals surface area contributed by atoms with Crippen LogP contribution in [0.4, 0.5) is 17.1 Å². The number of oxazole rings is 1. The van der Waals surface area contributed by atoms with Crippen molar-refractivity contribution in [3.8, 4) is 33.7 Å². The Balaban J connectivity index is 1.25. The van der Waals surface area contributed by atoms with Gasteiger partial charge in [-0.1, -0.05) is 109 Å². The van der Waals surface area contributed by atoms with Gasteiger partial charge in [-0.05, 0) is 88.3 Å². The minimum atomic E-state index is 0.634. The highest BCUT2D eigenvalue weighted by atomic mass is 16.3. The van der Waals surface area contributed by atoms with Gasteiger partial charge in [0.15, 0.2) is 5.58 Å². The van der Waals surface area contributed by atoms with E-state index in [-0.39, 0.29) is 0 Å². The van der Waals surface area contributed by atoms with E-state index in [0.29, 0.717) is 5.89 Å². The number of hydrogen-bond donors (Lipinski definition) is 0. The van der Waals surface area contributed by atoms with Crippen molar-refractivity contribution in [1.29, 1.82) is 0 Å². The van der Waals surface area contributed by atoms with Crippen molar-refractivity contribution in [1.82, 2.24) is 4.98 Å². The SMILES string of the molecule is c1ccc(-c2ccc(N(c3cccc(-c4ccccc4)c3)c3ccc4c(ccc5oc(-c6ccccc6)nc54)c3)cc2)cc1. The summed E-state index contributed by atoms with van der Waals surface area (Å²) < 4.78 is 6.16. The summed E-state index contributed by atoms with van der Waals surface area (Å²) in [5.41, 5.74) is 10.6. The molecule has 0 saturated heterocycles.